The second-order valence-electron chi connectivity index (χ2n) is 7.77. The molecule has 1 heterocycles. The molecule has 0 saturated carbocycles. The van der Waals surface area contributed by atoms with Crippen molar-refractivity contribution < 1.29 is 19.4 Å². The number of hydrogen-bond donors (Lipinski definition) is 1. The van der Waals surface area contributed by atoms with Crippen LogP contribution in [0.3, 0.4) is 0 Å². The number of thioether (sulfide) groups is 1. The Kier molecular flexibility index (Phi) is 7.29. The lowest BCUT2D eigenvalue weighted by atomic mass is 10.1. The van der Waals surface area contributed by atoms with Gasteiger partial charge in [-0.2, -0.15) is 5.26 Å². The predicted molar refractivity (Wildman–Crippen MR) is 135 cm³/mol. The summed E-state index contributed by atoms with van der Waals surface area (Å²) in [5.41, 5.74) is 3.77. The van der Waals surface area contributed by atoms with Crippen LogP contribution in [0.4, 0.5) is 5.69 Å². The monoisotopic (exact) mass is 483 g/mol. The zero-order chi connectivity index (χ0) is 24.8. The van der Waals surface area contributed by atoms with Gasteiger partial charge in [0, 0.05) is 7.05 Å². The van der Waals surface area contributed by atoms with Crippen molar-refractivity contribution >= 4 is 40.6 Å². The van der Waals surface area contributed by atoms with E-state index in [1.165, 1.54) is 16.7 Å². The van der Waals surface area contributed by atoms with Gasteiger partial charge in [-0.05, 0) is 70.9 Å². The SMILES string of the molecule is CN1C(=O)/C(=C/c2ccc(OCc3ccc(C#N)cc3)cc2)SC1=Nc1ccc(CC(=O)O)cc1. The van der Waals surface area contributed by atoms with Gasteiger partial charge < -0.3 is 9.84 Å². The zero-order valence-corrected chi connectivity index (χ0v) is 19.7. The van der Waals surface area contributed by atoms with Gasteiger partial charge in [-0.3, -0.25) is 14.5 Å². The van der Waals surface area contributed by atoms with Gasteiger partial charge in [0.1, 0.15) is 12.4 Å². The largest absolute Gasteiger partial charge is 0.489 e. The maximum Gasteiger partial charge on any atom is 0.307 e. The maximum atomic E-state index is 12.7. The molecule has 174 valence electrons. The first kappa shape index (κ1) is 23.8. The van der Waals surface area contributed by atoms with E-state index >= 15 is 0 Å². The fraction of sp³-hybridized carbons (Fsp3) is 0.111. The Morgan fingerprint density at radius 2 is 1.71 bits per heavy atom. The molecule has 8 heteroatoms. The number of amides is 1. The van der Waals surface area contributed by atoms with E-state index in [2.05, 4.69) is 11.1 Å². The van der Waals surface area contributed by atoms with Crippen LogP contribution in [0, 0.1) is 11.3 Å². The number of aliphatic carboxylic acids is 1. The molecule has 0 aliphatic carbocycles. The fourth-order valence-electron chi connectivity index (χ4n) is 3.28. The molecule has 0 unspecified atom stereocenters. The zero-order valence-electron chi connectivity index (χ0n) is 18.8. The molecule has 1 amide bonds. The summed E-state index contributed by atoms with van der Waals surface area (Å²) in [6, 6.07) is 23.7. The molecule has 35 heavy (non-hydrogen) atoms. The Labute approximate surface area is 207 Å². The van der Waals surface area contributed by atoms with Crippen molar-refractivity contribution in [3.05, 3.63) is 100.0 Å². The molecule has 0 radical (unpaired) electrons. The number of hydrogen-bond acceptors (Lipinski definition) is 6. The number of benzene rings is 3. The van der Waals surface area contributed by atoms with Crippen LogP contribution in [-0.4, -0.2) is 34.1 Å². The molecule has 3 aromatic carbocycles. The van der Waals surface area contributed by atoms with Gasteiger partial charge in [0.25, 0.3) is 5.91 Å². The Balaban J connectivity index is 1.40. The minimum absolute atomic E-state index is 0.0455. The van der Waals surface area contributed by atoms with Crippen LogP contribution < -0.4 is 4.74 Å². The number of nitrogens with zero attached hydrogens (tertiary/aromatic N) is 3. The second kappa shape index (κ2) is 10.7. The van der Waals surface area contributed by atoms with Crippen LogP contribution in [-0.2, 0) is 22.6 Å². The number of aliphatic imine (C=N–C) groups is 1. The normalized spacial score (nSPS) is 15.4. The molecule has 1 fully saturated rings. The highest BCUT2D eigenvalue weighted by atomic mass is 32.2. The van der Waals surface area contributed by atoms with E-state index in [0.717, 1.165) is 11.1 Å². The van der Waals surface area contributed by atoms with Gasteiger partial charge in [-0.15, -0.1) is 0 Å². The van der Waals surface area contributed by atoms with Gasteiger partial charge in [-0.25, -0.2) is 4.99 Å². The van der Waals surface area contributed by atoms with E-state index in [-0.39, 0.29) is 12.3 Å². The Morgan fingerprint density at radius 1 is 1.06 bits per heavy atom. The lowest BCUT2D eigenvalue weighted by Gasteiger charge is -2.07. The average Bonchev–Trinajstić information content (AvgIpc) is 3.12. The minimum atomic E-state index is -0.888. The van der Waals surface area contributed by atoms with Crippen molar-refractivity contribution in [2.24, 2.45) is 4.99 Å². The third kappa shape index (κ3) is 6.16. The van der Waals surface area contributed by atoms with Gasteiger partial charge in [0.05, 0.1) is 28.6 Å². The van der Waals surface area contributed by atoms with Crippen LogP contribution in [0.2, 0.25) is 0 Å². The number of rotatable bonds is 7. The van der Waals surface area contributed by atoms with Crippen LogP contribution in [0.1, 0.15) is 22.3 Å². The third-order valence-electron chi connectivity index (χ3n) is 5.19. The van der Waals surface area contributed by atoms with Crippen molar-refractivity contribution in [3.8, 4) is 11.8 Å². The summed E-state index contributed by atoms with van der Waals surface area (Å²) < 4.78 is 5.81. The van der Waals surface area contributed by atoms with Gasteiger partial charge in [-0.1, -0.05) is 36.4 Å². The second-order valence-corrected chi connectivity index (χ2v) is 8.78. The number of carboxylic acid groups (broad SMARTS) is 1. The van der Waals surface area contributed by atoms with E-state index in [1.54, 1.807) is 43.4 Å². The number of nitriles is 1. The molecular formula is C27H21N3O4S. The van der Waals surface area contributed by atoms with Gasteiger partial charge in [0.2, 0.25) is 0 Å². The van der Waals surface area contributed by atoms with E-state index in [9.17, 15) is 9.59 Å². The van der Waals surface area contributed by atoms with E-state index in [4.69, 9.17) is 15.1 Å². The average molecular weight is 484 g/mol. The topological polar surface area (TPSA) is 103 Å². The molecule has 1 N–H and O–H groups in total. The molecule has 1 aliphatic heterocycles. The number of carbonyl (C=O) groups excluding carboxylic acids is 1. The number of likely N-dealkylation sites (N-methyl/N-ethyl adjacent to an activating group) is 1. The summed E-state index contributed by atoms with van der Waals surface area (Å²) >= 11 is 1.29. The quantitative estimate of drug-likeness (QED) is 0.475. The first-order chi connectivity index (χ1) is 16.9. The first-order valence-corrected chi connectivity index (χ1v) is 11.5. The van der Waals surface area contributed by atoms with Crippen molar-refractivity contribution in [1.29, 1.82) is 5.26 Å². The van der Waals surface area contributed by atoms with Crippen molar-refractivity contribution in [2.75, 3.05) is 7.05 Å². The summed E-state index contributed by atoms with van der Waals surface area (Å²) in [4.78, 5) is 30.1. The Hall–Kier alpha value is -4.35. The number of ether oxygens (including phenoxy) is 1. The molecule has 0 bridgehead atoms. The number of carboxylic acids is 1. The minimum Gasteiger partial charge on any atom is -0.489 e. The van der Waals surface area contributed by atoms with Crippen LogP contribution in [0.15, 0.2) is 82.7 Å². The maximum absolute atomic E-state index is 12.7. The van der Waals surface area contributed by atoms with Crippen molar-refractivity contribution in [2.45, 2.75) is 13.0 Å². The molecular weight excluding hydrogens is 462 g/mol. The molecule has 1 saturated heterocycles. The van der Waals surface area contributed by atoms with Crippen molar-refractivity contribution in [1.82, 2.24) is 4.90 Å². The van der Waals surface area contributed by atoms with Gasteiger partial charge in [0.15, 0.2) is 5.17 Å². The highest BCUT2D eigenvalue weighted by Gasteiger charge is 2.30. The van der Waals surface area contributed by atoms with E-state index < -0.39 is 5.97 Å². The lowest BCUT2D eigenvalue weighted by molar-refractivity contribution is -0.136. The Morgan fingerprint density at radius 3 is 2.34 bits per heavy atom. The predicted octanol–water partition coefficient (Wildman–Crippen LogP) is 5.00. The molecule has 0 atom stereocenters. The summed E-state index contributed by atoms with van der Waals surface area (Å²) in [6.45, 7) is 0.391. The van der Waals surface area contributed by atoms with Crippen molar-refractivity contribution in [3.63, 3.8) is 0 Å². The fourth-order valence-corrected chi connectivity index (χ4v) is 4.27. The standard InChI is InChI=1S/C27H21N3O4S/c1-30-26(33)24(35-27(30)29-22-10-6-19(7-11-22)15-25(31)32)14-18-8-12-23(13-9-18)34-17-21-4-2-20(16-28)3-5-21/h2-14H,15,17H2,1H3,(H,31,32)/b24-14-,29-27?. The van der Waals surface area contributed by atoms with E-state index in [1.807, 2.05) is 42.5 Å². The molecule has 0 aromatic heterocycles. The van der Waals surface area contributed by atoms with Crippen LogP contribution in [0.5, 0.6) is 5.75 Å². The van der Waals surface area contributed by atoms with Crippen LogP contribution in [0.25, 0.3) is 6.08 Å². The van der Waals surface area contributed by atoms with Crippen LogP contribution >= 0.6 is 11.8 Å². The van der Waals surface area contributed by atoms with Gasteiger partial charge >= 0.3 is 5.97 Å². The molecule has 3 aromatic rings. The summed E-state index contributed by atoms with van der Waals surface area (Å²) in [5.74, 6) is -0.327. The first-order valence-electron chi connectivity index (χ1n) is 10.7. The number of amidine groups is 1. The molecule has 1 aliphatic rings. The summed E-state index contributed by atoms with van der Waals surface area (Å²) in [5, 5.41) is 18.3. The number of carbonyl (C=O) groups is 2. The molecule has 7 nitrogen and oxygen atoms in total. The summed E-state index contributed by atoms with van der Waals surface area (Å²) in [6.07, 6.45) is 1.77. The smallest absolute Gasteiger partial charge is 0.307 e. The Bertz CT molecular complexity index is 1340. The molecule has 4 rings (SSSR count). The highest BCUT2D eigenvalue weighted by Crippen LogP contribution is 2.33. The lowest BCUT2D eigenvalue weighted by Crippen LogP contribution is -2.23. The molecule has 0 spiro atoms. The summed E-state index contributed by atoms with van der Waals surface area (Å²) in [7, 11) is 1.67. The highest BCUT2D eigenvalue weighted by molar-refractivity contribution is 8.18. The third-order valence-corrected chi connectivity index (χ3v) is 6.25. The van der Waals surface area contributed by atoms with E-state index in [0.29, 0.717) is 39.2 Å².